The van der Waals surface area contributed by atoms with Gasteiger partial charge in [-0.2, -0.15) is 4.40 Å². The molecule has 98 valence electrons. The first-order valence-electron chi connectivity index (χ1n) is 4.91. The van der Waals surface area contributed by atoms with E-state index in [1.165, 1.54) is 0 Å². The van der Waals surface area contributed by atoms with Gasteiger partial charge in [0.1, 0.15) is 11.4 Å². The zero-order valence-corrected chi connectivity index (χ0v) is 10.7. The van der Waals surface area contributed by atoms with Crippen molar-refractivity contribution in [2.24, 2.45) is 0 Å². The van der Waals surface area contributed by atoms with Crippen LogP contribution in [0.3, 0.4) is 0 Å². The summed E-state index contributed by atoms with van der Waals surface area (Å²) in [6.45, 7) is 4.01. The molecule has 18 heavy (non-hydrogen) atoms. The van der Waals surface area contributed by atoms with Gasteiger partial charge < -0.3 is 10.3 Å². The number of fused-ring (bicyclic) bond motifs is 1. The maximum absolute atomic E-state index is 8.63. The third-order valence-corrected chi connectivity index (χ3v) is 2.08. The maximum Gasteiger partial charge on any atom is 0.351 e. The SMILES string of the molecule is Cc1cc(C)[n+]2cccc(N)c2n1.O=S(=O)([O-])O. The highest BCUT2D eigenvalue weighted by molar-refractivity contribution is 7.79. The third-order valence-electron chi connectivity index (χ3n) is 2.08. The number of rotatable bonds is 0. The zero-order chi connectivity index (χ0) is 13.9. The molecule has 0 aliphatic rings. The predicted molar refractivity (Wildman–Crippen MR) is 63.6 cm³/mol. The van der Waals surface area contributed by atoms with Crippen LogP contribution in [-0.2, 0) is 10.4 Å². The van der Waals surface area contributed by atoms with Crippen LogP contribution in [0.2, 0.25) is 0 Å². The van der Waals surface area contributed by atoms with Gasteiger partial charge in [-0.25, -0.2) is 8.42 Å². The molecule has 0 spiro atoms. The summed E-state index contributed by atoms with van der Waals surface area (Å²) >= 11 is 0. The minimum absolute atomic E-state index is 0.717. The van der Waals surface area contributed by atoms with E-state index in [1.54, 1.807) is 0 Å². The van der Waals surface area contributed by atoms with Crippen LogP contribution in [0.1, 0.15) is 11.4 Å². The Morgan fingerprint density at radius 1 is 1.44 bits per heavy atom. The minimum Gasteiger partial charge on any atom is -0.726 e. The molecule has 0 saturated heterocycles. The van der Waals surface area contributed by atoms with E-state index in [0.29, 0.717) is 5.69 Å². The van der Waals surface area contributed by atoms with Crippen LogP contribution in [0.5, 0.6) is 0 Å². The fourth-order valence-electron chi connectivity index (χ4n) is 1.49. The van der Waals surface area contributed by atoms with Crippen LogP contribution in [-0.4, -0.2) is 22.5 Å². The van der Waals surface area contributed by atoms with E-state index in [4.69, 9.17) is 23.3 Å². The molecule has 2 rings (SSSR count). The van der Waals surface area contributed by atoms with Gasteiger partial charge in [0.15, 0.2) is 5.69 Å². The van der Waals surface area contributed by atoms with E-state index >= 15 is 0 Å². The Hall–Kier alpha value is -1.77. The van der Waals surface area contributed by atoms with Crippen LogP contribution in [0.15, 0.2) is 24.4 Å². The van der Waals surface area contributed by atoms with Crippen LogP contribution in [0.4, 0.5) is 5.69 Å². The Kier molecular flexibility index (Phi) is 4.17. The first-order valence-corrected chi connectivity index (χ1v) is 6.27. The number of hydrogen-bond donors (Lipinski definition) is 2. The Bertz CT molecular complexity index is 662. The highest BCUT2D eigenvalue weighted by Gasteiger charge is 2.10. The highest BCUT2D eigenvalue weighted by Crippen LogP contribution is 2.06. The van der Waals surface area contributed by atoms with Gasteiger partial charge in [-0.3, -0.25) is 4.55 Å². The van der Waals surface area contributed by atoms with E-state index in [0.717, 1.165) is 17.0 Å². The molecule has 2 aromatic rings. The van der Waals surface area contributed by atoms with Crippen molar-refractivity contribution in [1.82, 2.24) is 4.98 Å². The maximum atomic E-state index is 8.63. The number of pyridine rings is 1. The second-order valence-electron chi connectivity index (χ2n) is 3.62. The fraction of sp³-hybridized carbons (Fsp3) is 0.200. The van der Waals surface area contributed by atoms with Crippen molar-refractivity contribution < 1.29 is 21.9 Å². The second-order valence-corrected chi connectivity index (χ2v) is 4.48. The quantitative estimate of drug-likeness (QED) is 0.396. The number of nitrogen functional groups attached to an aromatic ring is 1. The lowest BCUT2D eigenvalue weighted by Crippen LogP contribution is -2.27. The van der Waals surface area contributed by atoms with Gasteiger partial charge in [0.05, 0.1) is 6.20 Å². The predicted octanol–water partition coefficient (Wildman–Crippen LogP) is 0.0239. The van der Waals surface area contributed by atoms with Gasteiger partial charge >= 0.3 is 5.65 Å². The van der Waals surface area contributed by atoms with Gasteiger partial charge in [-0.15, -0.1) is 0 Å². The lowest BCUT2D eigenvalue weighted by Gasteiger charge is -1.98. The molecule has 0 fully saturated rings. The Morgan fingerprint density at radius 3 is 2.56 bits per heavy atom. The molecule has 0 aromatic carbocycles. The van der Waals surface area contributed by atoms with Crippen LogP contribution in [0, 0.1) is 13.8 Å². The summed E-state index contributed by atoms with van der Waals surface area (Å²) in [4.78, 5) is 4.37. The number of anilines is 1. The average molecular weight is 271 g/mol. The van der Waals surface area contributed by atoms with Crippen molar-refractivity contribution >= 4 is 21.7 Å². The summed E-state index contributed by atoms with van der Waals surface area (Å²) in [5.41, 5.74) is 9.50. The fourth-order valence-corrected chi connectivity index (χ4v) is 1.49. The van der Waals surface area contributed by atoms with Crippen molar-refractivity contribution in [2.45, 2.75) is 13.8 Å². The van der Waals surface area contributed by atoms with Crippen molar-refractivity contribution in [2.75, 3.05) is 5.73 Å². The van der Waals surface area contributed by atoms with Crippen LogP contribution in [0.25, 0.3) is 5.65 Å². The summed E-state index contributed by atoms with van der Waals surface area (Å²) in [5, 5.41) is 0. The molecule has 0 aliphatic carbocycles. The van der Waals surface area contributed by atoms with Crippen LogP contribution < -0.4 is 10.1 Å². The molecule has 0 bridgehead atoms. The topological polar surface area (TPSA) is 120 Å². The number of aromatic nitrogens is 2. The minimum atomic E-state index is -4.92. The van der Waals surface area contributed by atoms with E-state index in [1.807, 2.05) is 42.6 Å². The van der Waals surface area contributed by atoms with Gasteiger partial charge in [0.2, 0.25) is 10.4 Å². The van der Waals surface area contributed by atoms with E-state index < -0.39 is 10.4 Å². The lowest BCUT2D eigenvalue weighted by molar-refractivity contribution is -0.522. The molecule has 3 N–H and O–H groups in total. The average Bonchev–Trinajstić information content (AvgIpc) is 2.17. The van der Waals surface area contributed by atoms with Crippen molar-refractivity contribution in [3.8, 4) is 0 Å². The Labute approximate surface area is 104 Å². The number of nitrogens with two attached hydrogens (primary N) is 1. The second kappa shape index (κ2) is 5.25. The molecule has 0 atom stereocenters. The molecule has 0 amide bonds. The van der Waals surface area contributed by atoms with Gasteiger partial charge in [-0.05, 0) is 24.0 Å². The first-order chi connectivity index (χ1) is 8.18. The molecule has 0 unspecified atom stereocenters. The molecular formula is C10H13N3O4S. The van der Waals surface area contributed by atoms with Crippen molar-refractivity contribution in [3.05, 3.63) is 35.8 Å². The van der Waals surface area contributed by atoms with Gasteiger partial charge in [0.25, 0.3) is 0 Å². The van der Waals surface area contributed by atoms with Crippen molar-refractivity contribution in [3.63, 3.8) is 0 Å². The van der Waals surface area contributed by atoms with E-state index in [-0.39, 0.29) is 0 Å². The smallest absolute Gasteiger partial charge is 0.351 e. The molecule has 2 aromatic heterocycles. The first kappa shape index (κ1) is 14.3. The summed E-state index contributed by atoms with van der Waals surface area (Å²) in [6, 6.07) is 5.82. The monoisotopic (exact) mass is 271 g/mol. The third kappa shape index (κ3) is 4.24. The Balaban J connectivity index is 0.000000280. The summed E-state index contributed by atoms with van der Waals surface area (Å²) in [5.74, 6) is 0. The largest absolute Gasteiger partial charge is 0.726 e. The van der Waals surface area contributed by atoms with Crippen LogP contribution >= 0.6 is 0 Å². The standard InChI is InChI=1S/C10H12N3.H2O4S/c1-7-6-8(2)13-5-3-4-9(11)10(13)12-7;1-5(2,3)4/h3-6H,11H2,1-2H3;(H2,1,2,3,4)/q+1;/p-1. The van der Waals surface area contributed by atoms with Gasteiger partial charge in [0, 0.05) is 13.0 Å². The lowest BCUT2D eigenvalue weighted by atomic mass is 10.3. The Morgan fingerprint density at radius 2 is 2.00 bits per heavy atom. The molecule has 8 heteroatoms. The number of nitrogens with zero attached hydrogens (tertiary/aromatic N) is 2. The molecule has 0 radical (unpaired) electrons. The molecule has 0 aliphatic heterocycles. The summed E-state index contributed by atoms with van der Waals surface area (Å²) in [6.07, 6.45) is 1.97. The summed E-state index contributed by atoms with van der Waals surface area (Å²) < 4.78 is 34.8. The van der Waals surface area contributed by atoms with Crippen molar-refractivity contribution in [1.29, 1.82) is 0 Å². The number of hydrogen-bond acceptors (Lipinski definition) is 5. The number of aryl methyl sites for hydroxylation is 2. The molecular weight excluding hydrogens is 258 g/mol. The zero-order valence-electron chi connectivity index (χ0n) is 9.86. The normalized spacial score (nSPS) is 10.9. The summed E-state index contributed by atoms with van der Waals surface area (Å²) in [7, 11) is -4.92. The van der Waals surface area contributed by atoms with Gasteiger partial charge in [-0.1, -0.05) is 0 Å². The van der Waals surface area contributed by atoms with E-state index in [2.05, 4.69) is 4.98 Å². The molecule has 2 heterocycles. The van der Waals surface area contributed by atoms with E-state index in [9.17, 15) is 0 Å². The highest BCUT2D eigenvalue weighted by atomic mass is 32.3. The molecule has 7 nitrogen and oxygen atoms in total. The molecule has 0 saturated carbocycles.